The molecule has 1 aliphatic rings. The third-order valence-electron chi connectivity index (χ3n) is 3.82. The lowest BCUT2D eigenvalue weighted by Crippen LogP contribution is -2.25. The fraction of sp³-hybridized carbons (Fsp3) is 0.235. The van der Waals surface area contributed by atoms with E-state index >= 15 is 0 Å². The van der Waals surface area contributed by atoms with Gasteiger partial charge in [0.1, 0.15) is 12.4 Å². The van der Waals surface area contributed by atoms with E-state index in [9.17, 15) is 0 Å². The van der Waals surface area contributed by atoms with Gasteiger partial charge >= 0.3 is 0 Å². The third-order valence-corrected chi connectivity index (χ3v) is 4.05. The summed E-state index contributed by atoms with van der Waals surface area (Å²) in [6.07, 6.45) is 3.41. The molecule has 122 valence electrons. The van der Waals surface area contributed by atoms with Gasteiger partial charge in [-0.15, -0.1) is 10.2 Å². The van der Waals surface area contributed by atoms with Crippen molar-refractivity contribution in [2.24, 2.45) is 0 Å². The van der Waals surface area contributed by atoms with E-state index in [-0.39, 0.29) is 0 Å². The summed E-state index contributed by atoms with van der Waals surface area (Å²) >= 11 is 6.09. The first-order chi connectivity index (χ1) is 11.8. The summed E-state index contributed by atoms with van der Waals surface area (Å²) in [6.45, 7) is 2.66. The molecule has 1 aromatic carbocycles. The highest BCUT2D eigenvalue weighted by Gasteiger charge is 2.18. The number of ether oxygens (including phenoxy) is 1. The summed E-state index contributed by atoms with van der Waals surface area (Å²) < 4.78 is 11.5. The van der Waals surface area contributed by atoms with Crippen molar-refractivity contribution in [3.05, 3.63) is 59.2 Å². The van der Waals surface area contributed by atoms with E-state index in [4.69, 9.17) is 20.8 Å². The minimum absolute atomic E-state index is 0.479. The van der Waals surface area contributed by atoms with Crippen molar-refractivity contribution < 1.29 is 9.15 Å². The first-order valence-corrected chi connectivity index (χ1v) is 8.02. The molecule has 0 unspecified atom stereocenters. The average Bonchev–Trinajstić information content (AvgIpc) is 2.97. The molecule has 2 aromatic heterocycles. The normalized spacial score (nSPS) is 14.7. The van der Waals surface area contributed by atoms with Crippen LogP contribution in [0.15, 0.2) is 47.1 Å². The molecule has 0 fully saturated rings. The Bertz CT molecular complexity index is 838. The summed E-state index contributed by atoms with van der Waals surface area (Å²) in [5.74, 6) is 1.93. The maximum atomic E-state index is 6.09. The van der Waals surface area contributed by atoms with E-state index in [0.29, 0.717) is 30.0 Å². The first-order valence-electron chi connectivity index (χ1n) is 7.64. The maximum absolute atomic E-state index is 6.09. The molecule has 0 N–H and O–H groups in total. The van der Waals surface area contributed by atoms with Crippen LogP contribution in [0.3, 0.4) is 0 Å². The van der Waals surface area contributed by atoms with Gasteiger partial charge in [0.2, 0.25) is 11.8 Å². The quantitative estimate of drug-likeness (QED) is 0.728. The average molecular weight is 343 g/mol. The number of aromatic nitrogens is 3. The number of benzene rings is 1. The second-order valence-corrected chi connectivity index (χ2v) is 5.99. The monoisotopic (exact) mass is 342 g/mol. The molecule has 3 aromatic rings. The smallest absolute Gasteiger partial charge is 0.249 e. The molecule has 24 heavy (non-hydrogen) atoms. The molecular weight excluding hydrogens is 328 g/mol. The number of halogens is 1. The predicted molar refractivity (Wildman–Crippen MR) is 88.6 cm³/mol. The van der Waals surface area contributed by atoms with Gasteiger partial charge in [0.25, 0.3) is 0 Å². The van der Waals surface area contributed by atoms with Gasteiger partial charge in [0.05, 0.1) is 12.1 Å². The Morgan fingerprint density at radius 3 is 3.04 bits per heavy atom. The van der Waals surface area contributed by atoms with E-state index < -0.39 is 0 Å². The first kappa shape index (κ1) is 15.1. The van der Waals surface area contributed by atoms with Crippen molar-refractivity contribution >= 4 is 11.6 Å². The molecule has 0 aliphatic carbocycles. The molecule has 0 amide bonds. The lowest BCUT2D eigenvalue weighted by atomic mass is 10.2. The molecule has 6 nitrogen and oxygen atoms in total. The van der Waals surface area contributed by atoms with Crippen LogP contribution in [0.2, 0.25) is 5.02 Å². The summed E-state index contributed by atoms with van der Waals surface area (Å²) in [4.78, 5) is 6.26. The zero-order chi connectivity index (χ0) is 16.4. The van der Waals surface area contributed by atoms with Gasteiger partial charge in [0.15, 0.2) is 0 Å². The number of fused-ring (bicyclic) bond motifs is 1. The van der Waals surface area contributed by atoms with Gasteiger partial charge in [0, 0.05) is 36.1 Å². The highest BCUT2D eigenvalue weighted by molar-refractivity contribution is 6.30. The molecule has 0 atom stereocenters. The van der Waals surface area contributed by atoms with Gasteiger partial charge in [-0.25, -0.2) is 0 Å². The van der Waals surface area contributed by atoms with Crippen LogP contribution in [-0.2, 0) is 13.1 Å². The van der Waals surface area contributed by atoms with E-state index in [2.05, 4.69) is 20.1 Å². The SMILES string of the molecule is Clc1ccc2c(c1)CN(Cc1nnc(-c3cccnc3)o1)CCO2. The Hall–Kier alpha value is -2.44. The van der Waals surface area contributed by atoms with Gasteiger partial charge in [-0.2, -0.15) is 0 Å². The lowest BCUT2D eigenvalue weighted by Gasteiger charge is -2.16. The summed E-state index contributed by atoms with van der Waals surface area (Å²) in [6, 6.07) is 9.42. The fourth-order valence-electron chi connectivity index (χ4n) is 2.67. The van der Waals surface area contributed by atoms with Crippen molar-refractivity contribution in [3.63, 3.8) is 0 Å². The Labute approximate surface area is 144 Å². The van der Waals surface area contributed by atoms with E-state index in [1.165, 1.54) is 0 Å². The zero-order valence-electron chi connectivity index (χ0n) is 12.9. The fourth-order valence-corrected chi connectivity index (χ4v) is 2.86. The van der Waals surface area contributed by atoms with Crippen LogP contribution in [0.25, 0.3) is 11.5 Å². The van der Waals surface area contributed by atoms with Crippen LogP contribution in [0.1, 0.15) is 11.5 Å². The predicted octanol–water partition coefficient (Wildman–Crippen LogP) is 3.18. The van der Waals surface area contributed by atoms with Crippen LogP contribution >= 0.6 is 11.6 Å². The van der Waals surface area contributed by atoms with E-state index in [1.54, 1.807) is 12.4 Å². The second kappa shape index (κ2) is 6.59. The van der Waals surface area contributed by atoms with Gasteiger partial charge in [-0.1, -0.05) is 11.6 Å². The lowest BCUT2D eigenvalue weighted by molar-refractivity contribution is 0.204. The summed E-state index contributed by atoms with van der Waals surface area (Å²) in [5.41, 5.74) is 1.87. The van der Waals surface area contributed by atoms with Gasteiger partial charge in [-0.05, 0) is 30.3 Å². The minimum Gasteiger partial charge on any atom is -0.492 e. The van der Waals surface area contributed by atoms with Crippen LogP contribution in [-0.4, -0.2) is 33.2 Å². The Morgan fingerprint density at radius 1 is 1.21 bits per heavy atom. The minimum atomic E-state index is 0.479. The largest absolute Gasteiger partial charge is 0.492 e. The highest BCUT2D eigenvalue weighted by atomic mass is 35.5. The number of hydrogen-bond acceptors (Lipinski definition) is 6. The molecule has 0 spiro atoms. The molecule has 0 saturated heterocycles. The molecule has 4 rings (SSSR count). The van der Waals surface area contributed by atoms with Crippen molar-refractivity contribution in [3.8, 4) is 17.2 Å². The Kier molecular flexibility index (Phi) is 4.15. The summed E-state index contributed by atoms with van der Waals surface area (Å²) in [7, 11) is 0. The zero-order valence-corrected chi connectivity index (χ0v) is 13.6. The number of pyridine rings is 1. The topological polar surface area (TPSA) is 64.3 Å². The molecule has 0 saturated carbocycles. The molecule has 7 heteroatoms. The molecule has 0 radical (unpaired) electrons. The molecule has 0 bridgehead atoms. The molecule has 1 aliphatic heterocycles. The Balaban J connectivity index is 1.50. The Morgan fingerprint density at radius 2 is 2.17 bits per heavy atom. The van der Waals surface area contributed by atoms with Crippen LogP contribution < -0.4 is 4.74 Å². The van der Waals surface area contributed by atoms with Crippen LogP contribution in [0, 0.1) is 0 Å². The third kappa shape index (κ3) is 3.25. The number of hydrogen-bond donors (Lipinski definition) is 0. The van der Waals surface area contributed by atoms with Crippen molar-refractivity contribution in [2.45, 2.75) is 13.1 Å². The standard InChI is InChI=1S/C17H15ClN4O2/c18-14-3-4-15-13(8-14)10-22(6-7-23-15)11-16-20-21-17(24-16)12-2-1-5-19-9-12/h1-5,8-9H,6-7,10-11H2. The second-order valence-electron chi connectivity index (χ2n) is 5.55. The van der Waals surface area contributed by atoms with Gasteiger partial charge in [-0.3, -0.25) is 9.88 Å². The van der Waals surface area contributed by atoms with Crippen LogP contribution in [0.4, 0.5) is 0 Å². The number of nitrogens with zero attached hydrogens (tertiary/aromatic N) is 4. The maximum Gasteiger partial charge on any atom is 0.249 e. The summed E-state index contributed by atoms with van der Waals surface area (Å²) in [5, 5.41) is 8.94. The number of rotatable bonds is 3. The molecular formula is C17H15ClN4O2. The van der Waals surface area contributed by atoms with Crippen molar-refractivity contribution in [2.75, 3.05) is 13.2 Å². The molecule has 3 heterocycles. The van der Waals surface area contributed by atoms with E-state index in [0.717, 1.165) is 30.0 Å². The van der Waals surface area contributed by atoms with Gasteiger partial charge < -0.3 is 9.15 Å². The van der Waals surface area contributed by atoms with Crippen molar-refractivity contribution in [1.29, 1.82) is 0 Å². The highest BCUT2D eigenvalue weighted by Crippen LogP contribution is 2.27. The van der Waals surface area contributed by atoms with Crippen LogP contribution in [0.5, 0.6) is 5.75 Å². The van der Waals surface area contributed by atoms with Crippen molar-refractivity contribution in [1.82, 2.24) is 20.1 Å². The van der Waals surface area contributed by atoms with E-state index in [1.807, 2.05) is 30.3 Å².